The third-order valence-corrected chi connectivity index (χ3v) is 10.5. The number of halogens is 1. The van der Waals surface area contributed by atoms with Gasteiger partial charge >= 0.3 is 0 Å². The van der Waals surface area contributed by atoms with Gasteiger partial charge < -0.3 is 9.84 Å². The second kappa shape index (κ2) is 16.4. The molecule has 0 unspecified atom stereocenters. The molecule has 0 fully saturated rings. The number of aromatic nitrogens is 1. The summed E-state index contributed by atoms with van der Waals surface area (Å²) < 4.78 is 21.6. The monoisotopic (exact) mass is 879 g/mol. The molecular weight excluding hydrogens is 826 g/mol. The predicted octanol–water partition coefficient (Wildman–Crippen LogP) is 13.2. The molecule has 0 amide bonds. The molecule has 1 aliphatic rings. The van der Waals surface area contributed by atoms with Gasteiger partial charge in [0.15, 0.2) is 5.78 Å². The molecule has 0 aliphatic carbocycles. The summed E-state index contributed by atoms with van der Waals surface area (Å²) in [4.78, 5) is 16.8. The van der Waals surface area contributed by atoms with Crippen LogP contribution in [0.4, 0.5) is 4.39 Å². The van der Waals surface area contributed by atoms with E-state index in [-0.39, 0.29) is 54.2 Å². The molecule has 5 aromatic rings. The Morgan fingerprint density at radius 1 is 0.942 bits per heavy atom. The molecule has 6 rings (SSSR count). The molecule has 0 bridgehead atoms. The average molecular weight is 879 g/mol. The van der Waals surface area contributed by atoms with Gasteiger partial charge in [0.05, 0.1) is 11.5 Å². The van der Waals surface area contributed by atoms with E-state index in [9.17, 15) is 14.3 Å². The first kappa shape index (κ1) is 40.9. The van der Waals surface area contributed by atoms with Gasteiger partial charge in [0, 0.05) is 60.4 Å². The summed E-state index contributed by atoms with van der Waals surface area (Å²) in [6.07, 6.45) is 7.50. The number of allylic oxidation sites excluding steroid dienone is 2. The zero-order chi connectivity index (χ0) is 37.2. The van der Waals surface area contributed by atoms with Crippen molar-refractivity contribution in [2.75, 3.05) is 0 Å². The maximum Gasteiger partial charge on any atom is 0.164 e. The Kier molecular flexibility index (Phi) is 12.9. The number of aryl methyl sites for hydroxylation is 2. The number of rotatable bonds is 9. The minimum Gasteiger partial charge on any atom is -0.512 e. The van der Waals surface area contributed by atoms with E-state index < -0.39 is 0 Å². The number of ether oxygens (including phenoxy) is 1. The normalized spacial score (nSPS) is 12.6. The zero-order valence-corrected chi connectivity index (χ0v) is 34.8. The second-order valence-corrected chi connectivity index (χ2v) is 15.6. The molecule has 1 aliphatic heterocycles. The van der Waals surface area contributed by atoms with Crippen molar-refractivity contribution in [3.05, 3.63) is 101 Å². The van der Waals surface area contributed by atoms with Crippen LogP contribution in [0.2, 0.25) is 0 Å². The molecule has 52 heavy (non-hydrogen) atoms. The van der Waals surface area contributed by atoms with Crippen LogP contribution in [0.3, 0.4) is 0 Å². The molecule has 0 atom stereocenters. The molecule has 6 heteroatoms. The number of benzene rings is 4. The molecule has 4 nitrogen and oxygen atoms in total. The molecule has 0 saturated heterocycles. The predicted molar refractivity (Wildman–Crippen MR) is 210 cm³/mol. The molecule has 0 saturated carbocycles. The Labute approximate surface area is 323 Å². The largest absolute Gasteiger partial charge is 0.512 e. The molecule has 1 aromatic heterocycles. The van der Waals surface area contributed by atoms with E-state index in [1.807, 2.05) is 78.1 Å². The fourth-order valence-corrected chi connectivity index (χ4v) is 6.87. The van der Waals surface area contributed by atoms with Crippen molar-refractivity contribution < 1.29 is 39.1 Å². The van der Waals surface area contributed by atoms with Gasteiger partial charge in [0.2, 0.25) is 0 Å². The Hall–Kier alpha value is -3.86. The first-order valence-electron chi connectivity index (χ1n) is 18.4. The molecule has 1 N–H and O–H groups in total. The fourth-order valence-electron chi connectivity index (χ4n) is 6.87. The van der Waals surface area contributed by atoms with Crippen LogP contribution in [0.5, 0.6) is 11.5 Å². The van der Waals surface area contributed by atoms with E-state index in [1.54, 1.807) is 6.07 Å². The van der Waals surface area contributed by atoms with Crippen LogP contribution in [-0.4, -0.2) is 15.9 Å². The van der Waals surface area contributed by atoms with Gasteiger partial charge in [-0.2, -0.15) is 0 Å². The minimum atomic E-state index is -0.319. The van der Waals surface area contributed by atoms with Gasteiger partial charge in [0.25, 0.3) is 0 Å². The third kappa shape index (κ3) is 8.50. The van der Waals surface area contributed by atoms with Crippen molar-refractivity contribution in [2.24, 2.45) is 16.7 Å². The number of carbonyl (C=O) groups is 1. The number of carbonyl (C=O) groups excluding carboxylic acids is 1. The summed E-state index contributed by atoms with van der Waals surface area (Å²) in [6, 6.07) is 21.4. The van der Waals surface area contributed by atoms with Crippen LogP contribution in [0.25, 0.3) is 43.9 Å². The van der Waals surface area contributed by atoms with E-state index in [1.165, 1.54) is 17.2 Å². The molecule has 277 valence electrons. The Bertz CT molecular complexity index is 2120. The summed E-state index contributed by atoms with van der Waals surface area (Å²) in [6.45, 7) is 20.8. The molecular formula is C46H53FIrNO3-. The number of aliphatic hydroxyl groups excluding tert-OH is 1. The van der Waals surface area contributed by atoms with Crippen LogP contribution < -0.4 is 4.74 Å². The first-order chi connectivity index (χ1) is 24.1. The summed E-state index contributed by atoms with van der Waals surface area (Å²) in [7, 11) is 0. The molecule has 0 spiro atoms. The molecule has 2 heterocycles. The van der Waals surface area contributed by atoms with Gasteiger partial charge in [-0.1, -0.05) is 102 Å². The standard InChI is InChI=1S/C32H27FNO.C14H26O2.Ir/c1-18-6-8-20-15-25-30-29-21(10-11-34-30)14-22(23-9-7-19(2)13-27(23)33)16-28(29)35-31(25)26(24(20)12-18)17-32(3,4)5;1-6-11(7-2)12(15)10-13(16)14(5,8-3)9-4;/h6-14,16H,17H2,1-5H3;10-11,15H,6-9H2,1-5H3;/q-1;;/b;12-10-;. The number of aliphatic hydroxyl groups is 1. The SMILES string of the molecule is CCC(CC)/C(O)=C/C(=O)C(C)(CC)CC.Cc1ccc(-c2cc3c4c(nccc4c2)-c2[c-]c4ccc(C)cc4c(CC(C)(C)C)c2O3)c(F)c1.[Ir]. The van der Waals surface area contributed by atoms with Gasteiger partial charge in [-0.25, -0.2) is 4.39 Å². The van der Waals surface area contributed by atoms with Crippen LogP contribution >= 0.6 is 0 Å². The Balaban J connectivity index is 0.000000305. The summed E-state index contributed by atoms with van der Waals surface area (Å²) in [5, 5.41) is 14.0. The van der Waals surface area contributed by atoms with E-state index in [2.05, 4.69) is 52.0 Å². The minimum absolute atomic E-state index is 0. The summed E-state index contributed by atoms with van der Waals surface area (Å²) in [5.74, 6) is 1.73. The maximum atomic E-state index is 14.9. The molecule has 4 aromatic carbocycles. The van der Waals surface area contributed by atoms with E-state index in [0.717, 1.165) is 81.8 Å². The maximum absolute atomic E-state index is 14.9. The van der Waals surface area contributed by atoms with Crippen LogP contribution in [0.15, 0.2) is 72.6 Å². The van der Waals surface area contributed by atoms with E-state index in [4.69, 9.17) is 9.72 Å². The average Bonchev–Trinajstić information content (AvgIpc) is 3.08. The topological polar surface area (TPSA) is 59.4 Å². The van der Waals surface area contributed by atoms with Crippen molar-refractivity contribution in [3.63, 3.8) is 0 Å². The first-order valence-corrected chi connectivity index (χ1v) is 18.4. The Morgan fingerprint density at radius 3 is 2.21 bits per heavy atom. The van der Waals surface area contributed by atoms with Gasteiger partial charge in [-0.05, 0) is 92.1 Å². The van der Waals surface area contributed by atoms with E-state index >= 15 is 0 Å². The fraction of sp³-hybridized carbons (Fsp3) is 0.391. The quantitative estimate of drug-likeness (QED) is 0.0893. The van der Waals surface area contributed by atoms with Gasteiger partial charge in [-0.15, -0.1) is 17.5 Å². The summed E-state index contributed by atoms with van der Waals surface area (Å²) >= 11 is 0. The van der Waals surface area contributed by atoms with Crippen molar-refractivity contribution in [2.45, 2.75) is 101 Å². The molecule has 1 radical (unpaired) electrons. The smallest absolute Gasteiger partial charge is 0.164 e. The van der Waals surface area contributed by atoms with Gasteiger partial charge in [0.1, 0.15) is 11.6 Å². The number of ketones is 1. The number of hydrogen-bond acceptors (Lipinski definition) is 4. The van der Waals surface area contributed by atoms with Crippen molar-refractivity contribution in [1.82, 2.24) is 4.98 Å². The van der Waals surface area contributed by atoms with E-state index in [0.29, 0.717) is 11.3 Å². The second-order valence-electron chi connectivity index (χ2n) is 15.6. The number of fused-ring (bicyclic) bond motifs is 3. The summed E-state index contributed by atoms with van der Waals surface area (Å²) in [5.41, 5.74) is 6.13. The van der Waals surface area contributed by atoms with Crippen molar-refractivity contribution in [3.8, 4) is 33.9 Å². The van der Waals surface area contributed by atoms with Crippen LogP contribution in [0, 0.1) is 42.5 Å². The number of nitrogens with zero attached hydrogens (tertiary/aromatic N) is 1. The number of pyridine rings is 1. The number of hydrogen-bond donors (Lipinski definition) is 1. The van der Waals surface area contributed by atoms with Crippen LogP contribution in [-0.2, 0) is 31.3 Å². The van der Waals surface area contributed by atoms with Crippen molar-refractivity contribution in [1.29, 1.82) is 0 Å². The van der Waals surface area contributed by atoms with Crippen LogP contribution in [0.1, 0.15) is 97.8 Å². The zero-order valence-electron chi connectivity index (χ0n) is 32.4. The van der Waals surface area contributed by atoms with Crippen molar-refractivity contribution >= 4 is 27.3 Å². The Morgan fingerprint density at radius 2 is 1.60 bits per heavy atom. The third-order valence-electron chi connectivity index (χ3n) is 10.5. The van der Waals surface area contributed by atoms with Gasteiger partial charge in [-0.3, -0.25) is 9.78 Å².